The van der Waals surface area contributed by atoms with E-state index in [0.29, 0.717) is 11.0 Å². The van der Waals surface area contributed by atoms with Gasteiger partial charge in [-0.05, 0) is 18.2 Å². The lowest BCUT2D eigenvalue weighted by Crippen LogP contribution is -2.26. The number of ether oxygens (including phenoxy) is 1. The Morgan fingerprint density at radius 2 is 2.35 bits per heavy atom. The average Bonchev–Trinajstić information content (AvgIpc) is 2.98. The van der Waals surface area contributed by atoms with Crippen molar-refractivity contribution >= 4 is 50.7 Å². The van der Waals surface area contributed by atoms with Crippen LogP contribution in [0.5, 0.6) is 0 Å². The number of aromatic nitrogens is 1. The van der Waals surface area contributed by atoms with Gasteiger partial charge in [0.05, 0.1) is 23.2 Å². The maximum Gasteiger partial charge on any atom is 0.311 e. The SMILES string of the molecule is COC(=O)C1CC(=O)N(c2ccc3sc(Cl)nc3c2)C1. The number of fused-ring (bicyclic) bond motifs is 1. The van der Waals surface area contributed by atoms with Gasteiger partial charge in [-0.25, -0.2) is 4.98 Å². The van der Waals surface area contributed by atoms with E-state index in [-0.39, 0.29) is 18.3 Å². The molecule has 1 aliphatic rings. The second-order valence-corrected chi connectivity index (χ2v) is 6.16. The van der Waals surface area contributed by atoms with Gasteiger partial charge in [-0.15, -0.1) is 11.3 Å². The number of carbonyl (C=O) groups is 2. The number of methoxy groups -OCH3 is 1. The molecule has 0 aliphatic carbocycles. The molecule has 1 aliphatic heterocycles. The Bertz CT molecular complexity index is 700. The number of carbonyl (C=O) groups excluding carboxylic acids is 2. The number of nitrogens with zero attached hydrogens (tertiary/aromatic N) is 2. The van der Waals surface area contributed by atoms with E-state index in [9.17, 15) is 9.59 Å². The highest BCUT2D eigenvalue weighted by Gasteiger charge is 2.35. The highest BCUT2D eigenvalue weighted by Crippen LogP contribution is 2.31. The van der Waals surface area contributed by atoms with Crippen LogP contribution in [-0.4, -0.2) is 30.5 Å². The molecule has 0 saturated carbocycles. The van der Waals surface area contributed by atoms with Crippen LogP contribution < -0.4 is 4.90 Å². The molecule has 1 atom stereocenters. The van der Waals surface area contributed by atoms with E-state index in [1.54, 1.807) is 4.90 Å². The Balaban J connectivity index is 1.90. The van der Waals surface area contributed by atoms with Crippen LogP contribution >= 0.6 is 22.9 Å². The number of hydrogen-bond donors (Lipinski definition) is 0. The molecule has 7 heteroatoms. The number of esters is 1. The summed E-state index contributed by atoms with van der Waals surface area (Å²) in [4.78, 5) is 29.3. The average molecular weight is 311 g/mol. The first-order chi connectivity index (χ1) is 9.58. The van der Waals surface area contributed by atoms with Gasteiger partial charge in [-0.2, -0.15) is 0 Å². The third-order valence-corrected chi connectivity index (χ3v) is 4.46. The molecule has 5 nitrogen and oxygen atoms in total. The number of thiazole rings is 1. The van der Waals surface area contributed by atoms with Crippen molar-refractivity contribution < 1.29 is 14.3 Å². The summed E-state index contributed by atoms with van der Waals surface area (Å²) in [5, 5.41) is 0. The van der Waals surface area contributed by atoms with E-state index in [2.05, 4.69) is 4.98 Å². The second kappa shape index (κ2) is 5.03. The number of anilines is 1. The van der Waals surface area contributed by atoms with Crippen molar-refractivity contribution in [3.63, 3.8) is 0 Å². The molecule has 20 heavy (non-hydrogen) atoms. The van der Waals surface area contributed by atoms with Gasteiger partial charge in [0.25, 0.3) is 0 Å². The summed E-state index contributed by atoms with van der Waals surface area (Å²) < 4.78 is 6.13. The normalized spacial score (nSPS) is 18.8. The quantitative estimate of drug-likeness (QED) is 0.800. The lowest BCUT2D eigenvalue weighted by atomic mass is 10.1. The molecule has 0 N–H and O–H groups in total. The smallest absolute Gasteiger partial charge is 0.311 e. The number of hydrogen-bond acceptors (Lipinski definition) is 5. The predicted molar refractivity (Wildman–Crippen MR) is 77.1 cm³/mol. The predicted octanol–water partition coefficient (Wildman–Crippen LogP) is 2.48. The van der Waals surface area contributed by atoms with Crippen LogP contribution in [0.4, 0.5) is 5.69 Å². The van der Waals surface area contributed by atoms with Gasteiger partial charge in [-0.3, -0.25) is 9.59 Å². The molecule has 0 spiro atoms. The van der Waals surface area contributed by atoms with Crippen LogP contribution in [0.15, 0.2) is 18.2 Å². The molecule has 1 unspecified atom stereocenters. The molecular weight excluding hydrogens is 300 g/mol. The molecule has 2 aromatic rings. The molecule has 1 aromatic carbocycles. The Hall–Kier alpha value is -1.66. The maximum atomic E-state index is 12.0. The lowest BCUT2D eigenvalue weighted by Gasteiger charge is -2.16. The summed E-state index contributed by atoms with van der Waals surface area (Å²) in [5.74, 6) is -0.832. The third-order valence-electron chi connectivity index (χ3n) is 3.32. The minimum atomic E-state index is -0.401. The number of benzene rings is 1. The van der Waals surface area contributed by atoms with Crippen LogP contribution in [0.3, 0.4) is 0 Å². The van der Waals surface area contributed by atoms with Crippen molar-refractivity contribution in [2.75, 3.05) is 18.6 Å². The zero-order valence-corrected chi connectivity index (χ0v) is 12.2. The summed E-state index contributed by atoms with van der Waals surface area (Å²) in [6.45, 7) is 0.342. The molecule has 104 valence electrons. The van der Waals surface area contributed by atoms with E-state index in [1.807, 2.05) is 18.2 Å². The monoisotopic (exact) mass is 310 g/mol. The number of rotatable bonds is 2. The molecule has 1 amide bonds. The Morgan fingerprint density at radius 1 is 1.55 bits per heavy atom. The lowest BCUT2D eigenvalue weighted by molar-refractivity contribution is -0.145. The van der Waals surface area contributed by atoms with E-state index in [1.165, 1.54) is 18.4 Å². The first-order valence-corrected chi connectivity index (χ1v) is 7.22. The standard InChI is InChI=1S/C13H11ClN2O3S/c1-19-12(18)7-4-11(17)16(6-7)8-2-3-10-9(5-8)15-13(14)20-10/h2-3,5,7H,4,6H2,1H3. The van der Waals surface area contributed by atoms with Gasteiger partial charge < -0.3 is 9.64 Å². The van der Waals surface area contributed by atoms with Gasteiger partial charge in [0.1, 0.15) is 0 Å². The summed E-state index contributed by atoms with van der Waals surface area (Å²) in [7, 11) is 1.33. The van der Waals surface area contributed by atoms with Crippen molar-refractivity contribution in [3.8, 4) is 0 Å². The molecule has 1 saturated heterocycles. The molecule has 1 fully saturated rings. The van der Waals surface area contributed by atoms with E-state index >= 15 is 0 Å². The fourth-order valence-corrected chi connectivity index (χ4v) is 3.35. The van der Waals surface area contributed by atoms with Crippen molar-refractivity contribution in [2.24, 2.45) is 5.92 Å². The van der Waals surface area contributed by atoms with Gasteiger partial charge in [0.15, 0.2) is 4.47 Å². The fraction of sp³-hybridized carbons (Fsp3) is 0.308. The second-order valence-electron chi connectivity index (χ2n) is 4.55. The van der Waals surface area contributed by atoms with Gasteiger partial charge in [0.2, 0.25) is 5.91 Å². The first-order valence-electron chi connectivity index (χ1n) is 6.03. The Morgan fingerprint density at radius 3 is 3.10 bits per heavy atom. The largest absolute Gasteiger partial charge is 0.469 e. The van der Waals surface area contributed by atoms with Gasteiger partial charge in [-0.1, -0.05) is 11.6 Å². The third kappa shape index (κ3) is 2.25. The van der Waals surface area contributed by atoms with Crippen LogP contribution in [-0.2, 0) is 14.3 Å². The Kier molecular flexibility index (Phi) is 3.35. The van der Waals surface area contributed by atoms with E-state index < -0.39 is 5.92 Å². The highest BCUT2D eigenvalue weighted by molar-refractivity contribution is 7.22. The fourth-order valence-electron chi connectivity index (χ4n) is 2.34. The molecule has 0 bridgehead atoms. The summed E-state index contributed by atoms with van der Waals surface area (Å²) in [6, 6.07) is 5.54. The van der Waals surface area contributed by atoms with Crippen LogP contribution in [0, 0.1) is 5.92 Å². The zero-order chi connectivity index (χ0) is 14.3. The molecule has 1 aromatic heterocycles. The van der Waals surface area contributed by atoms with Gasteiger partial charge >= 0.3 is 5.97 Å². The van der Waals surface area contributed by atoms with Gasteiger partial charge in [0, 0.05) is 18.7 Å². The molecular formula is C13H11ClN2O3S. The summed E-state index contributed by atoms with van der Waals surface area (Å²) >= 11 is 7.26. The number of amides is 1. The molecule has 0 radical (unpaired) electrons. The van der Waals surface area contributed by atoms with Crippen LogP contribution in [0.2, 0.25) is 4.47 Å². The summed E-state index contributed by atoms with van der Waals surface area (Å²) in [6.07, 6.45) is 0.183. The molecule has 3 rings (SSSR count). The van der Waals surface area contributed by atoms with Crippen molar-refractivity contribution in [2.45, 2.75) is 6.42 Å². The summed E-state index contributed by atoms with van der Waals surface area (Å²) in [5.41, 5.74) is 1.49. The first kappa shape index (κ1) is 13.3. The topological polar surface area (TPSA) is 59.5 Å². The van der Waals surface area contributed by atoms with E-state index in [0.717, 1.165) is 15.9 Å². The van der Waals surface area contributed by atoms with Crippen molar-refractivity contribution in [1.29, 1.82) is 0 Å². The minimum Gasteiger partial charge on any atom is -0.469 e. The molecule has 2 heterocycles. The number of halogens is 1. The highest BCUT2D eigenvalue weighted by atomic mass is 35.5. The van der Waals surface area contributed by atoms with Crippen LogP contribution in [0.25, 0.3) is 10.2 Å². The van der Waals surface area contributed by atoms with E-state index in [4.69, 9.17) is 16.3 Å². The zero-order valence-electron chi connectivity index (χ0n) is 10.6. The van der Waals surface area contributed by atoms with Crippen molar-refractivity contribution in [3.05, 3.63) is 22.7 Å². The minimum absolute atomic E-state index is 0.0823. The maximum absolute atomic E-state index is 12.0. The van der Waals surface area contributed by atoms with Crippen LogP contribution in [0.1, 0.15) is 6.42 Å². The van der Waals surface area contributed by atoms with Crippen molar-refractivity contribution in [1.82, 2.24) is 4.98 Å². The Labute approximate surface area is 124 Å².